The molecule has 0 bridgehead atoms. The van der Waals surface area contributed by atoms with Crippen molar-refractivity contribution in [3.8, 4) is 5.69 Å². The van der Waals surface area contributed by atoms with Crippen LogP contribution in [0.4, 0.5) is 0 Å². The molecule has 0 aliphatic carbocycles. The molecule has 1 aromatic carbocycles. The van der Waals surface area contributed by atoms with Gasteiger partial charge in [-0.1, -0.05) is 18.2 Å². The summed E-state index contributed by atoms with van der Waals surface area (Å²) >= 11 is 0. The molecule has 0 N–H and O–H groups in total. The van der Waals surface area contributed by atoms with Gasteiger partial charge in [0.15, 0.2) is 5.82 Å². The second-order valence-corrected chi connectivity index (χ2v) is 7.32. The quantitative estimate of drug-likeness (QED) is 0.630. The van der Waals surface area contributed by atoms with Crippen LogP contribution in [-0.2, 0) is 24.3 Å². The lowest BCUT2D eigenvalue weighted by Gasteiger charge is -2.31. The Balaban J connectivity index is 1.30. The maximum absolute atomic E-state index is 5.06. The van der Waals surface area contributed by atoms with Crippen LogP contribution < -0.4 is 0 Å². The first-order chi connectivity index (χ1) is 13.8. The van der Waals surface area contributed by atoms with Crippen LogP contribution >= 0.6 is 0 Å². The Morgan fingerprint density at radius 2 is 1.82 bits per heavy atom. The second kappa shape index (κ2) is 9.03. The lowest BCUT2D eigenvalue weighted by molar-refractivity contribution is 0.173. The van der Waals surface area contributed by atoms with Crippen molar-refractivity contribution in [1.29, 1.82) is 0 Å². The van der Waals surface area contributed by atoms with Gasteiger partial charge in [0.25, 0.3) is 0 Å². The Kier molecular flexibility index (Phi) is 6.04. The molecule has 4 rings (SSSR count). The van der Waals surface area contributed by atoms with E-state index in [1.807, 2.05) is 36.9 Å². The average Bonchev–Trinajstić information content (AvgIpc) is 3.20. The van der Waals surface area contributed by atoms with Gasteiger partial charge in [-0.25, -0.2) is 9.97 Å². The molecular formula is C21H26N6O. The molecule has 3 heterocycles. The highest BCUT2D eigenvalue weighted by Crippen LogP contribution is 2.23. The van der Waals surface area contributed by atoms with E-state index in [-0.39, 0.29) is 0 Å². The maximum atomic E-state index is 5.06. The fourth-order valence-corrected chi connectivity index (χ4v) is 3.73. The van der Waals surface area contributed by atoms with Gasteiger partial charge in [-0.2, -0.15) is 0 Å². The van der Waals surface area contributed by atoms with E-state index in [0.717, 1.165) is 49.0 Å². The lowest BCUT2D eigenvalue weighted by Crippen LogP contribution is -2.34. The monoisotopic (exact) mass is 378 g/mol. The summed E-state index contributed by atoms with van der Waals surface area (Å²) in [5, 5.41) is 8.50. The van der Waals surface area contributed by atoms with Crippen LogP contribution in [0.1, 0.15) is 30.1 Å². The summed E-state index contributed by atoms with van der Waals surface area (Å²) in [6.45, 7) is 3.54. The fourth-order valence-electron chi connectivity index (χ4n) is 3.73. The highest BCUT2D eigenvalue weighted by atomic mass is 16.5. The van der Waals surface area contributed by atoms with E-state index < -0.39 is 0 Å². The van der Waals surface area contributed by atoms with Gasteiger partial charge in [-0.15, -0.1) is 10.2 Å². The van der Waals surface area contributed by atoms with Gasteiger partial charge in [0, 0.05) is 43.7 Å². The molecule has 1 aliphatic heterocycles. The molecule has 0 saturated carbocycles. The smallest absolute Gasteiger partial charge is 0.153 e. The lowest BCUT2D eigenvalue weighted by atomic mass is 9.93. The Labute approximate surface area is 165 Å². The first-order valence-electron chi connectivity index (χ1n) is 9.77. The van der Waals surface area contributed by atoms with Crippen LogP contribution in [0.25, 0.3) is 5.69 Å². The number of rotatable bonds is 7. The van der Waals surface area contributed by atoms with Crippen LogP contribution in [-0.4, -0.2) is 49.8 Å². The molecule has 0 unspecified atom stereocenters. The highest BCUT2D eigenvalue weighted by molar-refractivity contribution is 5.32. The molecule has 7 heteroatoms. The Bertz CT molecular complexity index is 856. The van der Waals surface area contributed by atoms with Crippen molar-refractivity contribution in [3.63, 3.8) is 0 Å². The Hall–Kier alpha value is -2.64. The van der Waals surface area contributed by atoms with E-state index in [2.05, 4.69) is 41.8 Å². The van der Waals surface area contributed by atoms with E-state index in [4.69, 9.17) is 4.74 Å². The van der Waals surface area contributed by atoms with Gasteiger partial charge in [-0.3, -0.25) is 9.47 Å². The van der Waals surface area contributed by atoms with Crippen LogP contribution in [0.3, 0.4) is 0 Å². The zero-order valence-electron chi connectivity index (χ0n) is 16.2. The van der Waals surface area contributed by atoms with Gasteiger partial charge in [0.05, 0.1) is 0 Å². The third kappa shape index (κ3) is 4.61. The largest absolute Gasteiger partial charge is 0.377 e. The fraction of sp³-hybridized carbons (Fsp3) is 0.429. The van der Waals surface area contributed by atoms with Crippen LogP contribution in [0.5, 0.6) is 0 Å². The van der Waals surface area contributed by atoms with Gasteiger partial charge >= 0.3 is 0 Å². The van der Waals surface area contributed by atoms with Gasteiger partial charge < -0.3 is 4.74 Å². The van der Waals surface area contributed by atoms with Gasteiger partial charge in [-0.05, 0) is 44.0 Å². The van der Waals surface area contributed by atoms with Crippen molar-refractivity contribution in [2.45, 2.75) is 32.4 Å². The summed E-state index contributed by atoms with van der Waals surface area (Å²) < 4.78 is 7.16. The van der Waals surface area contributed by atoms with Crippen LogP contribution in [0.2, 0.25) is 0 Å². The summed E-state index contributed by atoms with van der Waals surface area (Å²) in [5.41, 5.74) is 2.28. The number of aromatic nitrogens is 5. The topological polar surface area (TPSA) is 69.0 Å². The summed E-state index contributed by atoms with van der Waals surface area (Å²) in [4.78, 5) is 11.2. The molecule has 0 atom stereocenters. The summed E-state index contributed by atoms with van der Waals surface area (Å²) in [5.74, 6) is 2.42. The van der Waals surface area contributed by atoms with Gasteiger partial charge in [0.2, 0.25) is 0 Å². The third-order valence-electron chi connectivity index (χ3n) is 5.27. The number of nitrogens with zero attached hydrogens (tertiary/aromatic N) is 6. The molecule has 0 spiro atoms. The normalized spacial score (nSPS) is 15.8. The number of ether oxygens (including phenoxy) is 1. The van der Waals surface area contributed by atoms with E-state index in [1.54, 1.807) is 7.11 Å². The Morgan fingerprint density at radius 3 is 2.54 bits per heavy atom. The van der Waals surface area contributed by atoms with Crippen molar-refractivity contribution < 1.29 is 4.74 Å². The molecule has 2 aromatic heterocycles. The number of para-hydroxylation sites is 1. The van der Waals surface area contributed by atoms with E-state index in [0.29, 0.717) is 12.5 Å². The summed E-state index contributed by atoms with van der Waals surface area (Å²) in [7, 11) is 1.66. The van der Waals surface area contributed by atoms with E-state index >= 15 is 0 Å². The molecule has 0 amide bonds. The number of likely N-dealkylation sites (tertiary alicyclic amines) is 1. The summed E-state index contributed by atoms with van der Waals surface area (Å²) in [6, 6.07) is 10.3. The molecular weight excluding hydrogens is 352 g/mol. The van der Waals surface area contributed by atoms with Crippen LogP contribution in [0.15, 0.2) is 49.1 Å². The Morgan fingerprint density at radius 1 is 1.07 bits per heavy atom. The first-order valence-corrected chi connectivity index (χ1v) is 9.77. The average molecular weight is 378 g/mol. The number of hydrogen-bond acceptors (Lipinski definition) is 6. The van der Waals surface area contributed by atoms with Crippen LogP contribution in [0, 0.1) is 5.92 Å². The molecule has 28 heavy (non-hydrogen) atoms. The molecule has 1 aliphatic rings. The zero-order valence-corrected chi connectivity index (χ0v) is 16.2. The second-order valence-electron chi connectivity index (χ2n) is 7.32. The third-order valence-corrected chi connectivity index (χ3v) is 5.27. The molecule has 1 fully saturated rings. The van der Waals surface area contributed by atoms with Crippen molar-refractivity contribution in [3.05, 3.63) is 66.3 Å². The van der Waals surface area contributed by atoms with Crippen molar-refractivity contribution in [1.82, 2.24) is 29.6 Å². The predicted octanol–water partition coefficient (Wildman–Crippen LogP) is 2.66. The first kappa shape index (κ1) is 18.7. The number of piperidine rings is 1. The van der Waals surface area contributed by atoms with E-state index in [1.165, 1.54) is 12.8 Å². The predicted molar refractivity (Wildman–Crippen MR) is 106 cm³/mol. The number of benzene rings is 1. The van der Waals surface area contributed by atoms with E-state index in [9.17, 15) is 0 Å². The maximum Gasteiger partial charge on any atom is 0.153 e. The number of hydrogen-bond donors (Lipinski definition) is 0. The van der Waals surface area contributed by atoms with Crippen molar-refractivity contribution in [2.75, 3.05) is 20.2 Å². The minimum absolute atomic E-state index is 0.458. The van der Waals surface area contributed by atoms with Crippen molar-refractivity contribution in [2.24, 2.45) is 5.92 Å². The zero-order chi connectivity index (χ0) is 19.2. The van der Waals surface area contributed by atoms with Gasteiger partial charge in [0.1, 0.15) is 18.8 Å². The molecule has 146 valence electrons. The minimum atomic E-state index is 0.458. The SMILES string of the molecule is COCc1ncc(CN2CCC(Cc3nncn3-c3ccccc3)CC2)cn1. The molecule has 3 aromatic rings. The highest BCUT2D eigenvalue weighted by Gasteiger charge is 2.22. The minimum Gasteiger partial charge on any atom is -0.377 e. The molecule has 7 nitrogen and oxygen atoms in total. The van der Waals surface area contributed by atoms with Crippen molar-refractivity contribution >= 4 is 0 Å². The standard InChI is InChI=1S/C21H26N6O/c1-28-15-20-22-12-18(13-23-20)14-26-9-7-17(8-10-26)11-21-25-24-16-27(21)19-5-3-2-4-6-19/h2-6,12-13,16-17H,7-11,14-15H2,1H3. The summed E-state index contributed by atoms with van der Waals surface area (Å²) in [6.07, 6.45) is 8.95. The molecule has 1 saturated heterocycles. The number of methoxy groups -OCH3 is 1. The molecule has 0 radical (unpaired) electrons.